The van der Waals surface area contributed by atoms with Crippen molar-refractivity contribution >= 4 is 5.97 Å². The molecule has 8 heteroatoms. The first-order valence-electron chi connectivity index (χ1n) is 10.6. The second-order valence-corrected chi connectivity index (χ2v) is 9.30. The first-order valence-corrected chi connectivity index (χ1v) is 10.6. The fourth-order valence-electron chi connectivity index (χ4n) is 6.29. The topological polar surface area (TPSA) is 66.2 Å². The van der Waals surface area contributed by atoms with E-state index in [-0.39, 0.29) is 16.9 Å². The summed E-state index contributed by atoms with van der Waals surface area (Å²) < 4.78 is 36.2. The summed E-state index contributed by atoms with van der Waals surface area (Å²) in [6.45, 7) is -0.675. The molecule has 160 valence electrons. The fraction of sp³-hybridized carbons (Fsp3) is 0.591. The maximum absolute atomic E-state index is 12.7. The molecule has 0 amide bonds. The zero-order valence-electron chi connectivity index (χ0n) is 16.9. The molecule has 4 bridgehead atoms. The van der Waals surface area contributed by atoms with Gasteiger partial charge in [0.2, 0.25) is 0 Å². The summed E-state index contributed by atoms with van der Waals surface area (Å²) in [5.41, 5.74) is 1.48. The normalized spacial score (nSPS) is 29.4. The summed E-state index contributed by atoms with van der Waals surface area (Å²) >= 11 is 0. The molecule has 0 N–H and O–H groups in total. The Hall–Kier alpha value is -2.51. The van der Waals surface area contributed by atoms with Crippen molar-refractivity contribution in [1.29, 1.82) is 0 Å². The molecular formula is C22H25F2N3O3. The molecule has 6 rings (SSSR count). The van der Waals surface area contributed by atoms with Crippen LogP contribution in [0.4, 0.5) is 8.78 Å². The Morgan fingerprint density at radius 2 is 1.73 bits per heavy atom. The number of carbonyl (C=O) groups excluding carboxylic acids is 1. The van der Waals surface area contributed by atoms with E-state index < -0.39 is 12.6 Å². The van der Waals surface area contributed by atoms with Crippen molar-refractivity contribution in [2.45, 2.75) is 52.1 Å². The second kappa shape index (κ2) is 7.32. The van der Waals surface area contributed by atoms with Crippen molar-refractivity contribution in [3.8, 4) is 11.4 Å². The van der Waals surface area contributed by atoms with Gasteiger partial charge in [-0.2, -0.15) is 8.78 Å². The summed E-state index contributed by atoms with van der Waals surface area (Å²) in [6.07, 6.45) is 7.56. The molecule has 0 radical (unpaired) electrons. The molecule has 0 atom stereocenters. The van der Waals surface area contributed by atoms with Crippen molar-refractivity contribution in [1.82, 2.24) is 15.0 Å². The molecule has 4 aliphatic rings. The monoisotopic (exact) mass is 417 g/mol. The van der Waals surface area contributed by atoms with E-state index in [2.05, 4.69) is 15.0 Å². The van der Waals surface area contributed by atoms with Gasteiger partial charge in [0.15, 0.2) is 5.69 Å². The van der Waals surface area contributed by atoms with Crippen molar-refractivity contribution in [3.05, 3.63) is 35.7 Å². The molecule has 0 aliphatic heterocycles. The fourth-order valence-corrected chi connectivity index (χ4v) is 6.29. The third kappa shape index (κ3) is 3.56. The molecule has 4 saturated carbocycles. The summed E-state index contributed by atoms with van der Waals surface area (Å²) in [5, 5.41) is 8.06. The number of nitrogens with zero attached hydrogens (tertiary/aromatic N) is 3. The average molecular weight is 417 g/mol. The summed E-state index contributed by atoms with van der Waals surface area (Å²) in [6, 6.07) is 6.02. The first-order chi connectivity index (χ1) is 14.4. The number of esters is 1. The number of carbonyl (C=O) groups is 1. The quantitative estimate of drug-likeness (QED) is 0.645. The zero-order valence-corrected chi connectivity index (χ0v) is 16.9. The Balaban J connectivity index is 1.26. The highest BCUT2D eigenvalue weighted by molar-refractivity contribution is 5.88. The van der Waals surface area contributed by atoms with Crippen LogP contribution in [-0.2, 0) is 4.74 Å². The molecule has 1 aromatic heterocycles. The van der Waals surface area contributed by atoms with Crippen LogP contribution >= 0.6 is 0 Å². The number of rotatable bonds is 6. The highest BCUT2D eigenvalue weighted by Crippen LogP contribution is 2.60. The number of hydrogen-bond donors (Lipinski definition) is 0. The summed E-state index contributed by atoms with van der Waals surface area (Å²) in [4.78, 5) is 12.7. The Labute approximate surface area is 173 Å². The van der Waals surface area contributed by atoms with Crippen LogP contribution in [0.1, 0.15) is 54.7 Å². The van der Waals surface area contributed by atoms with Crippen LogP contribution in [0, 0.1) is 30.1 Å². The van der Waals surface area contributed by atoms with Crippen molar-refractivity contribution in [3.63, 3.8) is 0 Å². The van der Waals surface area contributed by atoms with E-state index in [0.29, 0.717) is 18.0 Å². The van der Waals surface area contributed by atoms with Crippen LogP contribution in [0.2, 0.25) is 0 Å². The van der Waals surface area contributed by atoms with Crippen molar-refractivity contribution in [2.75, 3.05) is 6.61 Å². The van der Waals surface area contributed by atoms with E-state index in [1.165, 1.54) is 55.3 Å². The molecule has 4 fully saturated rings. The Kier molecular flexibility index (Phi) is 4.75. The summed E-state index contributed by atoms with van der Waals surface area (Å²) in [5.74, 6) is 2.01. The largest absolute Gasteiger partial charge is 0.460 e. The molecule has 0 unspecified atom stereocenters. The lowest BCUT2D eigenvalue weighted by molar-refractivity contribution is -0.0849. The van der Waals surface area contributed by atoms with Gasteiger partial charge in [0, 0.05) is 5.41 Å². The van der Waals surface area contributed by atoms with Gasteiger partial charge in [0.1, 0.15) is 5.75 Å². The zero-order chi connectivity index (χ0) is 20.9. The van der Waals surface area contributed by atoms with Crippen molar-refractivity contribution in [2.24, 2.45) is 23.2 Å². The number of halogens is 2. The number of hydrogen-bond acceptors (Lipinski definition) is 5. The molecule has 0 saturated heterocycles. The predicted molar refractivity (Wildman–Crippen MR) is 104 cm³/mol. The SMILES string of the molecule is Cc1c(C(=O)OCC23CC4CC(CC(C4)C2)C3)nnn1-c1ccc(OC(F)F)cc1. The second-order valence-electron chi connectivity index (χ2n) is 9.30. The van der Waals surface area contributed by atoms with Gasteiger partial charge in [-0.3, -0.25) is 0 Å². The number of benzene rings is 1. The maximum atomic E-state index is 12.7. The number of alkyl halides is 2. The van der Waals surface area contributed by atoms with Gasteiger partial charge >= 0.3 is 12.6 Å². The van der Waals surface area contributed by atoms with E-state index in [0.717, 1.165) is 17.8 Å². The average Bonchev–Trinajstić information content (AvgIpc) is 3.07. The van der Waals surface area contributed by atoms with Crippen molar-refractivity contribution < 1.29 is 23.0 Å². The minimum absolute atomic E-state index is 0.0572. The molecule has 6 nitrogen and oxygen atoms in total. The Morgan fingerprint density at radius 3 is 2.30 bits per heavy atom. The lowest BCUT2D eigenvalue weighted by Crippen LogP contribution is -2.48. The first kappa shape index (κ1) is 19.5. The van der Waals surface area contributed by atoms with E-state index in [1.807, 2.05) is 0 Å². The lowest BCUT2D eigenvalue weighted by Gasteiger charge is -2.56. The van der Waals surface area contributed by atoms with Gasteiger partial charge in [-0.05, 0) is 87.5 Å². The minimum Gasteiger partial charge on any atom is -0.460 e. The molecule has 1 heterocycles. The Morgan fingerprint density at radius 1 is 1.13 bits per heavy atom. The highest BCUT2D eigenvalue weighted by atomic mass is 19.3. The van der Waals surface area contributed by atoms with Crippen LogP contribution in [-0.4, -0.2) is 34.2 Å². The van der Waals surface area contributed by atoms with Crippen LogP contribution in [0.25, 0.3) is 5.69 Å². The summed E-state index contributed by atoms with van der Waals surface area (Å²) in [7, 11) is 0. The lowest BCUT2D eigenvalue weighted by atomic mass is 9.50. The highest BCUT2D eigenvalue weighted by Gasteiger charge is 2.51. The van der Waals surface area contributed by atoms with Crippen LogP contribution in [0.15, 0.2) is 24.3 Å². The molecule has 2 aromatic rings. The van der Waals surface area contributed by atoms with E-state index >= 15 is 0 Å². The molecule has 30 heavy (non-hydrogen) atoms. The minimum atomic E-state index is -2.88. The van der Waals surface area contributed by atoms with E-state index in [9.17, 15) is 13.6 Å². The molecular weight excluding hydrogens is 392 g/mol. The molecule has 4 aliphatic carbocycles. The van der Waals surface area contributed by atoms with Gasteiger partial charge in [0.25, 0.3) is 0 Å². The van der Waals surface area contributed by atoms with E-state index in [1.54, 1.807) is 19.1 Å². The standard InChI is InChI=1S/C22H25F2N3O3/c1-13-19(25-26-27(13)17-2-4-18(5-3-17)30-21(23)24)20(28)29-12-22-9-14-6-15(10-22)8-16(7-14)11-22/h2-5,14-16,21H,6-12H2,1H3. The molecule has 0 spiro atoms. The van der Waals surface area contributed by atoms with E-state index in [4.69, 9.17) is 4.74 Å². The maximum Gasteiger partial charge on any atom is 0.387 e. The Bertz CT molecular complexity index is 906. The van der Waals surface area contributed by atoms with Crippen LogP contribution in [0.3, 0.4) is 0 Å². The number of ether oxygens (including phenoxy) is 2. The number of aromatic nitrogens is 3. The van der Waals surface area contributed by atoms with Crippen LogP contribution in [0.5, 0.6) is 5.75 Å². The van der Waals surface area contributed by atoms with Gasteiger partial charge in [-0.1, -0.05) is 5.21 Å². The smallest absolute Gasteiger partial charge is 0.387 e. The van der Waals surface area contributed by atoms with Gasteiger partial charge in [-0.15, -0.1) is 5.10 Å². The predicted octanol–water partition coefficient (Wildman–Crippen LogP) is 4.55. The van der Waals surface area contributed by atoms with Gasteiger partial charge in [-0.25, -0.2) is 9.48 Å². The molecule has 1 aromatic carbocycles. The third-order valence-corrected chi connectivity index (χ3v) is 7.07. The third-order valence-electron chi connectivity index (χ3n) is 7.07. The van der Waals surface area contributed by atoms with Gasteiger partial charge in [0.05, 0.1) is 18.0 Å². The van der Waals surface area contributed by atoms with Crippen LogP contribution < -0.4 is 4.74 Å². The van der Waals surface area contributed by atoms with Gasteiger partial charge < -0.3 is 9.47 Å².